The minimum Gasteiger partial charge on any atom is -0.0616 e. The Kier molecular flexibility index (Phi) is 2.53. The van der Waals surface area contributed by atoms with Crippen molar-refractivity contribution in [2.75, 3.05) is 0 Å². The van der Waals surface area contributed by atoms with Crippen LogP contribution >= 0.6 is 0 Å². The minimum atomic E-state index is 1.25. The number of hydrogen-bond acceptors (Lipinski definition) is 0. The average Bonchev–Trinajstić information content (AvgIpc) is 2.54. The van der Waals surface area contributed by atoms with Crippen LogP contribution in [0.4, 0.5) is 0 Å². The quantitative estimate of drug-likeness (QED) is 0.422. The molecule has 0 aliphatic carbocycles. The summed E-state index contributed by atoms with van der Waals surface area (Å²) < 4.78 is 0. The molecule has 93 valence electrons. The largest absolute Gasteiger partial charge is 0.0616 e. The number of benzene rings is 4. The highest BCUT2D eigenvalue weighted by Gasteiger charge is 2.04. The van der Waals surface area contributed by atoms with Crippen LogP contribution in [-0.4, -0.2) is 0 Å². The van der Waals surface area contributed by atoms with E-state index >= 15 is 0 Å². The molecule has 20 heavy (non-hydrogen) atoms. The molecule has 1 radical (unpaired) electrons. The molecule has 0 aliphatic heterocycles. The molecule has 0 saturated carbocycles. The summed E-state index contributed by atoms with van der Waals surface area (Å²) in [5.74, 6) is 0. The molecule has 0 heterocycles. The van der Waals surface area contributed by atoms with Gasteiger partial charge in [-0.1, -0.05) is 66.7 Å². The number of rotatable bonds is 1. The van der Waals surface area contributed by atoms with E-state index in [-0.39, 0.29) is 0 Å². The Balaban J connectivity index is 2.01. The molecule has 0 bridgehead atoms. The number of fused-ring (bicyclic) bond motifs is 2. The molecule has 0 spiro atoms. The Labute approximate surface area is 118 Å². The highest BCUT2D eigenvalue weighted by molar-refractivity contribution is 5.98. The van der Waals surface area contributed by atoms with Crippen molar-refractivity contribution < 1.29 is 0 Å². The van der Waals surface area contributed by atoms with E-state index in [1.54, 1.807) is 0 Å². The lowest BCUT2D eigenvalue weighted by Crippen LogP contribution is -1.82. The van der Waals surface area contributed by atoms with E-state index in [0.29, 0.717) is 0 Å². The fourth-order valence-corrected chi connectivity index (χ4v) is 2.77. The molecule has 0 atom stereocenters. The fraction of sp³-hybridized carbons (Fsp3) is 0. The van der Waals surface area contributed by atoms with Crippen LogP contribution in [-0.2, 0) is 0 Å². The lowest BCUT2D eigenvalue weighted by atomic mass is 9.96. The maximum absolute atomic E-state index is 3.18. The van der Waals surface area contributed by atoms with Crippen LogP contribution in [0.2, 0.25) is 0 Å². The predicted octanol–water partition coefficient (Wildman–Crippen LogP) is 5.46. The van der Waals surface area contributed by atoms with Gasteiger partial charge in [-0.05, 0) is 50.9 Å². The van der Waals surface area contributed by atoms with E-state index in [1.165, 1.54) is 32.7 Å². The van der Waals surface area contributed by atoms with Gasteiger partial charge in [0, 0.05) is 0 Å². The van der Waals surface area contributed by atoms with Gasteiger partial charge in [0.25, 0.3) is 0 Å². The van der Waals surface area contributed by atoms with Crippen molar-refractivity contribution in [1.82, 2.24) is 0 Å². The third-order valence-corrected chi connectivity index (χ3v) is 3.79. The summed E-state index contributed by atoms with van der Waals surface area (Å²) in [6.45, 7) is 0. The second-order valence-electron chi connectivity index (χ2n) is 5.01. The summed E-state index contributed by atoms with van der Waals surface area (Å²) in [5.41, 5.74) is 2.53. The van der Waals surface area contributed by atoms with Crippen molar-refractivity contribution in [3.05, 3.63) is 84.9 Å². The molecule has 0 fully saturated rings. The normalized spacial score (nSPS) is 11.0. The summed E-state index contributed by atoms with van der Waals surface area (Å²) >= 11 is 0. The molecule has 0 unspecified atom stereocenters. The van der Waals surface area contributed by atoms with Crippen LogP contribution in [0.15, 0.2) is 78.9 Å². The van der Waals surface area contributed by atoms with Gasteiger partial charge in [-0.3, -0.25) is 0 Å². The first-order valence-corrected chi connectivity index (χ1v) is 6.80. The average molecular weight is 253 g/mol. The van der Waals surface area contributed by atoms with Gasteiger partial charge in [-0.15, -0.1) is 0 Å². The lowest BCUT2D eigenvalue weighted by molar-refractivity contribution is 1.67. The van der Waals surface area contributed by atoms with Gasteiger partial charge < -0.3 is 0 Å². The maximum atomic E-state index is 3.18. The standard InChI is InChI=1S/C20H13/c1-2-8-17-14-18(13-12-15(17)6-1)20-11-5-9-16-7-3-4-10-19(16)20/h1-3,5-14H. The third kappa shape index (κ3) is 1.78. The van der Waals surface area contributed by atoms with Crippen LogP contribution in [0.1, 0.15) is 0 Å². The first-order valence-electron chi connectivity index (χ1n) is 6.80. The van der Waals surface area contributed by atoms with Gasteiger partial charge in [0.05, 0.1) is 0 Å². The number of hydrogen-bond donors (Lipinski definition) is 0. The Hall–Kier alpha value is -2.60. The van der Waals surface area contributed by atoms with Gasteiger partial charge >= 0.3 is 0 Å². The third-order valence-electron chi connectivity index (χ3n) is 3.79. The summed E-state index contributed by atoms with van der Waals surface area (Å²) in [5, 5.41) is 5.07. The second kappa shape index (κ2) is 4.50. The fourth-order valence-electron chi connectivity index (χ4n) is 2.77. The minimum absolute atomic E-state index is 1.25. The first kappa shape index (κ1) is 11.2. The monoisotopic (exact) mass is 253 g/mol. The van der Waals surface area contributed by atoms with Gasteiger partial charge in [0.15, 0.2) is 0 Å². The van der Waals surface area contributed by atoms with Crippen molar-refractivity contribution >= 4 is 21.5 Å². The van der Waals surface area contributed by atoms with Crippen LogP contribution in [0.5, 0.6) is 0 Å². The zero-order chi connectivity index (χ0) is 13.4. The highest BCUT2D eigenvalue weighted by atomic mass is 14.1. The zero-order valence-corrected chi connectivity index (χ0v) is 11.0. The highest BCUT2D eigenvalue weighted by Crippen LogP contribution is 2.30. The SMILES string of the molecule is [c]1ccc2cccc(-c3ccc4ccccc4c3)c2c1. The van der Waals surface area contributed by atoms with Gasteiger partial charge in [-0.25, -0.2) is 0 Å². The molecule has 4 aromatic rings. The van der Waals surface area contributed by atoms with Crippen LogP contribution in [0, 0.1) is 6.07 Å². The van der Waals surface area contributed by atoms with E-state index in [1.807, 2.05) is 6.07 Å². The van der Waals surface area contributed by atoms with E-state index in [9.17, 15) is 0 Å². The van der Waals surface area contributed by atoms with Crippen LogP contribution in [0.3, 0.4) is 0 Å². The summed E-state index contributed by atoms with van der Waals surface area (Å²) in [6.07, 6.45) is 0. The maximum Gasteiger partial charge on any atom is -0.00992 e. The van der Waals surface area contributed by atoms with Crippen molar-refractivity contribution in [3.63, 3.8) is 0 Å². The molecule has 4 aromatic carbocycles. The van der Waals surface area contributed by atoms with E-state index in [2.05, 4.69) is 78.9 Å². The topological polar surface area (TPSA) is 0 Å². The molecule has 0 amide bonds. The molecular formula is C20H13. The van der Waals surface area contributed by atoms with Crippen LogP contribution in [0.25, 0.3) is 32.7 Å². The van der Waals surface area contributed by atoms with E-state index in [4.69, 9.17) is 0 Å². The molecule has 0 N–H and O–H groups in total. The van der Waals surface area contributed by atoms with Gasteiger partial charge in [0.2, 0.25) is 0 Å². The van der Waals surface area contributed by atoms with Crippen molar-refractivity contribution in [1.29, 1.82) is 0 Å². The molecule has 0 aliphatic rings. The summed E-state index contributed by atoms with van der Waals surface area (Å²) in [7, 11) is 0. The van der Waals surface area contributed by atoms with Crippen LogP contribution < -0.4 is 0 Å². The predicted molar refractivity (Wildman–Crippen MR) is 85.7 cm³/mol. The molecule has 0 aromatic heterocycles. The van der Waals surface area contributed by atoms with Gasteiger partial charge in [-0.2, -0.15) is 0 Å². The summed E-state index contributed by atoms with van der Waals surface area (Å²) in [6, 6.07) is 30.9. The van der Waals surface area contributed by atoms with Crippen molar-refractivity contribution in [2.45, 2.75) is 0 Å². The van der Waals surface area contributed by atoms with Gasteiger partial charge in [0.1, 0.15) is 0 Å². The molecule has 0 heteroatoms. The second-order valence-corrected chi connectivity index (χ2v) is 5.01. The Bertz CT molecular complexity index is 898. The Morgan fingerprint density at radius 2 is 1.50 bits per heavy atom. The Morgan fingerprint density at radius 1 is 0.650 bits per heavy atom. The molecule has 4 rings (SSSR count). The van der Waals surface area contributed by atoms with Crippen molar-refractivity contribution in [3.8, 4) is 11.1 Å². The van der Waals surface area contributed by atoms with Crippen molar-refractivity contribution in [2.24, 2.45) is 0 Å². The molecular weight excluding hydrogens is 240 g/mol. The molecule has 0 nitrogen and oxygen atoms in total. The van der Waals surface area contributed by atoms with E-state index < -0.39 is 0 Å². The lowest BCUT2D eigenvalue weighted by Gasteiger charge is -2.08. The zero-order valence-electron chi connectivity index (χ0n) is 11.0. The first-order chi connectivity index (χ1) is 9.92. The Morgan fingerprint density at radius 3 is 2.45 bits per heavy atom. The van der Waals surface area contributed by atoms with E-state index in [0.717, 1.165) is 0 Å². The molecule has 0 saturated heterocycles. The summed E-state index contributed by atoms with van der Waals surface area (Å²) in [4.78, 5) is 0. The smallest absolute Gasteiger partial charge is 0.00992 e.